The van der Waals surface area contributed by atoms with E-state index >= 15 is 0 Å². The third-order valence-corrected chi connectivity index (χ3v) is 6.05. The van der Waals surface area contributed by atoms with Crippen molar-refractivity contribution in [1.82, 2.24) is 4.90 Å². The zero-order valence-corrected chi connectivity index (χ0v) is 16.9. The third kappa shape index (κ3) is 4.69. The molecule has 0 spiro atoms. The van der Waals surface area contributed by atoms with Gasteiger partial charge in [-0.05, 0) is 55.6 Å². The molecule has 2 aromatic carbocycles. The number of para-hydroxylation sites is 1. The quantitative estimate of drug-likeness (QED) is 0.728. The fourth-order valence-electron chi connectivity index (χ4n) is 4.39. The summed E-state index contributed by atoms with van der Waals surface area (Å²) in [5.74, 6) is -0.826. The number of carbonyl (C=O) groups is 2. The number of aromatic carboxylic acids is 1. The second-order valence-corrected chi connectivity index (χ2v) is 8.01. The van der Waals surface area contributed by atoms with Crippen LogP contribution in [-0.2, 0) is 11.3 Å². The number of piperidine rings is 3. The van der Waals surface area contributed by atoms with Gasteiger partial charge in [0.1, 0.15) is 6.10 Å². The zero-order chi connectivity index (χ0) is 22.0. The van der Waals surface area contributed by atoms with Crippen LogP contribution in [-0.4, -0.2) is 47.8 Å². The number of fused-ring (bicyclic) bond motifs is 3. The van der Waals surface area contributed by atoms with Gasteiger partial charge in [-0.1, -0.05) is 30.3 Å². The van der Waals surface area contributed by atoms with Crippen LogP contribution in [0.1, 0.15) is 40.8 Å². The van der Waals surface area contributed by atoms with Crippen molar-refractivity contribution in [2.24, 2.45) is 5.92 Å². The van der Waals surface area contributed by atoms with Crippen molar-refractivity contribution in [3.63, 3.8) is 0 Å². The van der Waals surface area contributed by atoms with Gasteiger partial charge < -0.3 is 9.84 Å². The molecule has 3 heterocycles. The molecule has 5 rings (SSSR count). The number of carboxylic acid groups (broad SMARTS) is 1. The average molecular weight is 430 g/mol. The molecular formula is C23H24F2N2O4. The first-order valence-electron chi connectivity index (χ1n) is 10.3. The molecule has 164 valence electrons. The van der Waals surface area contributed by atoms with Crippen LogP contribution in [0.2, 0.25) is 0 Å². The number of rotatable bonds is 6. The Kier molecular flexibility index (Phi) is 6.18. The monoisotopic (exact) mass is 430 g/mol. The van der Waals surface area contributed by atoms with Gasteiger partial charge in [0.15, 0.2) is 0 Å². The topological polar surface area (TPSA) is 70.1 Å². The number of halogens is 2. The van der Waals surface area contributed by atoms with E-state index in [-0.39, 0.29) is 35.4 Å². The summed E-state index contributed by atoms with van der Waals surface area (Å²) >= 11 is 0. The van der Waals surface area contributed by atoms with Crippen molar-refractivity contribution >= 4 is 17.7 Å². The molecule has 3 aliphatic heterocycles. The minimum absolute atomic E-state index is 0.0597. The van der Waals surface area contributed by atoms with E-state index in [0.717, 1.165) is 25.9 Å². The van der Waals surface area contributed by atoms with Gasteiger partial charge in [0.2, 0.25) is 0 Å². The maximum Gasteiger partial charge on any atom is 0.414 e. The van der Waals surface area contributed by atoms with E-state index in [4.69, 9.17) is 4.74 Å². The van der Waals surface area contributed by atoms with Crippen LogP contribution in [0.3, 0.4) is 0 Å². The summed E-state index contributed by atoms with van der Waals surface area (Å²) in [5, 5.41) is 9.25. The minimum Gasteiger partial charge on any atom is -0.478 e. The highest BCUT2D eigenvalue weighted by atomic mass is 19.3. The number of nitrogens with zero attached hydrogens (tertiary/aromatic N) is 2. The molecule has 0 aromatic heterocycles. The number of hydrogen-bond acceptors (Lipinski definition) is 4. The number of benzene rings is 2. The lowest BCUT2D eigenvalue weighted by molar-refractivity contribution is -0.0311. The van der Waals surface area contributed by atoms with Gasteiger partial charge in [0.25, 0.3) is 6.43 Å². The summed E-state index contributed by atoms with van der Waals surface area (Å²) in [6, 6.07) is 11.9. The van der Waals surface area contributed by atoms with Gasteiger partial charge in [-0.15, -0.1) is 0 Å². The van der Waals surface area contributed by atoms with E-state index in [9.17, 15) is 23.5 Å². The predicted molar refractivity (Wildman–Crippen MR) is 110 cm³/mol. The highest BCUT2D eigenvalue weighted by molar-refractivity contribution is 5.90. The van der Waals surface area contributed by atoms with E-state index in [0.29, 0.717) is 12.1 Å². The Bertz CT molecular complexity index is 960. The van der Waals surface area contributed by atoms with Crippen LogP contribution in [0.5, 0.6) is 0 Å². The number of amides is 1. The molecule has 0 radical (unpaired) electrons. The van der Waals surface area contributed by atoms with Crippen LogP contribution < -0.4 is 4.90 Å². The molecule has 3 fully saturated rings. The summed E-state index contributed by atoms with van der Waals surface area (Å²) in [4.78, 5) is 27.9. The van der Waals surface area contributed by atoms with Gasteiger partial charge in [0, 0.05) is 12.1 Å². The Morgan fingerprint density at radius 2 is 1.87 bits per heavy atom. The molecule has 0 unspecified atom stereocenters. The molecule has 3 aliphatic rings. The molecule has 2 aromatic rings. The van der Waals surface area contributed by atoms with Crippen molar-refractivity contribution in [3.8, 4) is 0 Å². The molecule has 2 bridgehead atoms. The Balaban J connectivity index is 1.63. The van der Waals surface area contributed by atoms with Crippen molar-refractivity contribution in [2.75, 3.05) is 24.5 Å². The van der Waals surface area contributed by atoms with E-state index < -0.39 is 18.5 Å². The lowest BCUT2D eigenvalue weighted by Gasteiger charge is -2.44. The number of hydrogen-bond donors (Lipinski definition) is 1. The van der Waals surface area contributed by atoms with Crippen LogP contribution in [0.25, 0.3) is 0 Å². The Morgan fingerprint density at radius 1 is 1.13 bits per heavy atom. The van der Waals surface area contributed by atoms with E-state index in [1.165, 1.54) is 35.2 Å². The van der Waals surface area contributed by atoms with Gasteiger partial charge >= 0.3 is 12.1 Å². The summed E-state index contributed by atoms with van der Waals surface area (Å²) in [7, 11) is 0. The largest absolute Gasteiger partial charge is 0.478 e. The van der Waals surface area contributed by atoms with E-state index in [1.807, 2.05) is 0 Å². The van der Waals surface area contributed by atoms with Gasteiger partial charge in [-0.2, -0.15) is 0 Å². The number of carboxylic acids is 1. The van der Waals surface area contributed by atoms with Gasteiger partial charge in [0.05, 0.1) is 17.8 Å². The average Bonchev–Trinajstić information content (AvgIpc) is 2.78. The Morgan fingerprint density at radius 3 is 2.52 bits per heavy atom. The van der Waals surface area contributed by atoms with Crippen molar-refractivity contribution < 1.29 is 28.2 Å². The molecule has 0 aliphatic carbocycles. The van der Waals surface area contributed by atoms with Crippen LogP contribution >= 0.6 is 0 Å². The summed E-state index contributed by atoms with van der Waals surface area (Å²) in [5.41, 5.74) is 0.354. The maximum atomic E-state index is 13.7. The molecule has 1 amide bonds. The first kappa shape index (κ1) is 21.2. The normalized spacial score (nSPS) is 22.4. The van der Waals surface area contributed by atoms with E-state index in [1.54, 1.807) is 18.2 Å². The lowest BCUT2D eigenvalue weighted by Crippen LogP contribution is -2.53. The molecule has 3 saturated heterocycles. The van der Waals surface area contributed by atoms with Crippen molar-refractivity contribution in [1.29, 1.82) is 0 Å². The minimum atomic E-state index is -2.77. The first-order valence-corrected chi connectivity index (χ1v) is 10.3. The van der Waals surface area contributed by atoms with Crippen molar-refractivity contribution in [3.05, 3.63) is 65.2 Å². The van der Waals surface area contributed by atoms with Crippen LogP contribution in [0, 0.1) is 5.92 Å². The first-order chi connectivity index (χ1) is 14.9. The number of alkyl halides is 2. The summed E-state index contributed by atoms with van der Waals surface area (Å²) in [6.07, 6.45) is -1.85. The molecule has 8 heteroatoms. The molecule has 1 atom stereocenters. The molecule has 31 heavy (non-hydrogen) atoms. The highest BCUT2D eigenvalue weighted by Gasteiger charge is 2.37. The Hall–Kier alpha value is -3.00. The van der Waals surface area contributed by atoms with Crippen LogP contribution in [0.4, 0.5) is 19.3 Å². The summed E-state index contributed by atoms with van der Waals surface area (Å²) < 4.78 is 33.2. The SMILES string of the molecule is O=C(O)c1cccc(CN(C(=O)O[C@H]2CN3CCC2CC3)c2ccccc2C(F)F)c1. The molecule has 0 saturated carbocycles. The predicted octanol–water partition coefficient (Wildman–Crippen LogP) is 4.56. The van der Waals surface area contributed by atoms with Crippen LogP contribution in [0.15, 0.2) is 48.5 Å². The Labute approximate surface area is 179 Å². The lowest BCUT2D eigenvalue weighted by atomic mass is 9.86. The standard InChI is InChI=1S/C23H24F2N2O4/c24-21(25)18-6-1-2-7-19(18)27(13-15-4-3-5-17(12-15)22(28)29)23(30)31-20-14-26-10-8-16(20)9-11-26/h1-7,12,16,20-21H,8-11,13-14H2,(H,28,29)/t20-/m0/s1. The molecular weight excluding hydrogens is 406 g/mol. The van der Waals surface area contributed by atoms with Crippen molar-refractivity contribution in [2.45, 2.75) is 31.9 Å². The fraction of sp³-hybridized carbons (Fsp3) is 0.391. The highest BCUT2D eigenvalue weighted by Crippen LogP contribution is 2.33. The summed E-state index contributed by atoms with van der Waals surface area (Å²) in [6.45, 7) is 2.54. The fourth-order valence-corrected chi connectivity index (χ4v) is 4.39. The molecule has 6 nitrogen and oxygen atoms in total. The smallest absolute Gasteiger partial charge is 0.414 e. The number of anilines is 1. The third-order valence-electron chi connectivity index (χ3n) is 6.05. The second-order valence-electron chi connectivity index (χ2n) is 8.01. The zero-order valence-electron chi connectivity index (χ0n) is 16.9. The maximum absolute atomic E-state index is 13.7. The number of ether oxygens (including phenoxy) is 1. The second kappa shape index (κ2) is 9.01. The van der Waals surface area contributed by atoms with E-state index in [2.05, 4.69) is 4.90 Å². The number of carbonyl (C=O) groups excluding carboxylic acids is 1. The van der Waals surface area contributed by atoms with Gasteiger partial charge in [-0.3, -0.25) is 9.80 Å². The molecule has 1 N–H and O–H groups in total. The van der Waals surface area contributed by atoms with Gasteiger partial charge in [-0.25, -0.2) is 18.4 Å².